The molecule has 3 aliphatic heterocycles. The van der Waals surface area contributed by atoms with Crippen molar-refractivity contribution in [2.24, 2.45) is 11.8 Å². The molecular weight excluding hydrogens is 370 g/mol. The third kappa shape index (κ3) is 3.44. The highest BCUT2D eigenvalue weighted by molar-refractivity contribution is 5.83. The second kappa shape index (κ2) is 7.30. The van der Waals surface area contributed by atoms with Gasteiger partial charge < -0.3 is 20.3 Å². The molecule has 29 heavy (non-hydrogen) atoms. The highest BCUT2D eigenvalue weighted by Gasteiger charge is 2.63. The van der Waals surface area contributed by atoms with Crippen molar-refractivity contribution in [1.82, 2.24) is 15.6 Å². The second-order valence-corrected chi connectivity index (χ2v) is 8.52. The average Bonchev–Trinajstić information content (AvgIpc) is 3.32. The van der Waals surface area contributed by atoms with Gasteiger partial charge in [0.25, 0.3) is 0 Å². The van der Waals surface area contributed by atoms with Crippen LogP contribution < -0.4 is 15.5 Å². The van der Waals surface area contributed by atoms with Gasteiger partial charge in [0, 0.05) is 44.1 Å². The molecule has 0 radical (unpaired) electrons. The van der Waals surface area contributed by atoms with Crippen molar-refractivity contribution in [2.45, 2.75) is 45.3 Å². The highest BCUT2D eigenvalue weighted by Crippen LogP contribution is 2.55. The van der Waals surface area contributed by atoms with Gasteiger partial charge in [0.15, 0.2) is 0 Å². The zero-order valence-corrected chi connectivity index (χ0v) is 17.1. The molecule has 2 bridgehead atoms. The van der Waals surface area contributed by atoms with E-state index in [1.807, 2.05) is 19.9 Å². The number of nitrogens with zero attached hydrogens (tertiary/aromatic N) is 3. The minimum Gasteiger partial charge on any atom is -0.369 e. The Labute approximate surface area is 170 Å². The number of carbonyl (C=O) groups is 2. The number of amides is 2. The van der Waals surface area contributed by atoms with Crippen molar-refractivity contribution in [3.63, 3.8) is 0 Å². The molecule has 3 fully saturated rings. The molecule has 0 aromatic carbocycles. The second-order valence-electron chi connectivity index (χ2n) is 8.52. The molecule has 0 unspecified atom stereocenters. The minimum atomic E-state index is -0.219. The smallest absolute Gasteiger partial charge is 0.239 e. The Kier molecular flexibility index (Phi) is 4.95. The fourth-order valence-electron chi connectivity index (χ4n) is 5.31. The van der Waals surface area contributed by atoms with Crippen LogP contribution in [0.1, 0.15) is 36.6 Å². The molecule has 4 heterocycles. The maximum absolute atomic E-state index is 12.0. The van der Waals surface area contributed by atoms with Crippen LogP contribution in [0.2, 0.25) is 0 Å². The summed E-state index contributed by atoms with van der Waals surface area (Å²) in [5.74, 6) is 0.856. The molecule has 8 heteroatoms. The Balaban J connectivity index is 1.49. The van der Waals surface area contributed by atoms with Crippen molar-refractivity contribution >= 4 is 17.6 Å². The number of nitriles is 1. The summed E-state index contributed by atoms with van der Waals surface area (Å²) in [5.41, 5.74) is 2.25. The first kappa shape index (κ1) is 19.6. The molecule has 1 aromatic rings. The number of aryl methyl sites for hydroxylation is 2. The van der Waals surface area contributed by atoms with E-state index in [9.17, 15) is 14.9 Å². The average molecular weight is 397 g/mol. The summed E-state index contributed by atoms with van der Waals surface area (Å²) in [6.45, 7) is 7.32. The zero-order valence-electron chi connectivity index (χ0n) is 17.1. The number of ether oxygens (including phenoxy) is 1. The van der Waals surface area contributed by atoms with Crippen LogP contribution >= 0.6 is 0 Å². The van der Waals surface area contributed by atoms with Crippen LogP contribution in [0, 0.1) is 37.0 Å². The van der Waals surface area contributed by atoms with E-state index in [4.69, 9.17) is 4.74 Å². The normalized spacial score (nSPS) is 29.4. The van der Waals surface area contributed by atoms with Crippen molar-refractivity contribution < 1.29 is 14.3 Å². The molecule has 4 atom stereocenters. The molecule has 2 N–H and O–H groups in total. The molecule has 1 aromatic heterocycles. The topological polar surface area (TPSA) is 107 Å². The molecule has 0 aliphatic carbocycles. The summed E-state index contributed by atoms with van der Waals surface area (Å²) >= 11 is 0. The van der Waals surface area contributed by atoms with E-state index < -0.39 is 0 Å². The van der Waals surface area contributed by atoms with Crippen LogP contribution in [0.25, 0.3) is 0 Å². The molecular formula is C21H27N5O3. The van der Waals surface area contributed by atoms with Gasteiger partial charge >= 0.3 is 0 Å². The number of aromatic nitrogens is 1. The van der Waals surface area contributed by atoms with Gasteiger partial charge in [-0.15, -0.1) is 0 Å². The zero-order chi connectivity index (χ0) is 20.8. The number of nitrogens with one attached hydrogen (secondary N) is 2. The quantitative estimate of drug-likeness (QED) is 0.761. The standard InChI is InChI=1S/C21H27N5O3/c1-12-6-13(2)25-20(15(12)7-22)26-10-17-16(8-24-19(28)9-23-14(3)27)18-4-5-21(17,11-26)29-18/h6,16-18H,4-5,8-11H2,1-3H3,(H,23,27)(H,24,28)/t16-,17+,18+,21+/m0/s1. The number of carbonyl (C=O) groups excluding carboxylic acids is 2. The predicted octanol–water partition coefficient (Wildman–Crippen LogP) is 0.806. The van der Waals surface area contributed by atoms with E-state index in [-0.39, 0.29) is 41.9 Å². The predicted molar refractivity (Wildman–Crippen MR) is 106 cm³/mol. The van der Waals surface area contributed by atoms with Crippen LogP contribution in [0.3, 0.4) is 0 Å². The van der Waals surface area contributed by atoms with Gasteiger partial charge in [-0.25, -0.2) is 4.98 Å². The van der Waals surface area contributed by atoms with Crippen molar-refractivity contribution in [3.8, 4) is 6.07 Å². The van der Waals surface area contributed by atoms with E-state index in [0.29, 0.717) is 12.1 Å². The number of anilines is 1. The lowest BCUT2D eigenvalue weighted by Gasteiger charge is -2.29. The van der Waals surface area contributed by atoms with E-state index >= 15 is 0 Å². The monoisotopic (exact) mass is 397 g/mol. The molecule has 1 spiro atoms. The van der Waals surface area contributed by atoms with Crippen LogP contribution in [0.4, 0.5) is 5.82 Å². The Morgan fingerprint density at radius 1 is 1.41 bits per heavy atom. The SMILES string of the molecule is CC(=O)NCC(=O)NC[C@H]1[C@H]2CN(c3nc(C)cc(C)c3C#N)C[C@]23CC[C@H]1O3. The maximum atomic E-state index is 12.0. The summed E-state index contributed by atoms with van der Waals surface area (Å²) < 4.78 is 6.44. The summed E-state index contributed by atoms with van der Waals surface area (Å²) in [7, 11) is 0. The number of rotatable bonds is 5. The number of pyridine rings is 1. The van der Waals surface area contributed by atoms with Crippen molar-refractivity contribution in [2.75, 3.05) is 31.1 Å². The molecule has 8 nitrogen and oxygen atoms in total. The van der Waals surface area contributed by atoms with Crippen LogP contribution in [-0.4, -0.2) is 54.7 Å². The first-order chi connectivity index (χ1) is 13.8. The number of hydrogen-bond donors (Lipinski definition) is 2. The molecule has 2 amide bonds. The van der Waals surface area contributed by atoms with Gasteiger partial charge in [-0.2, -0.15) is 5.26 Å². The van der Waals surface area contributed by atoms with Crippen LogP contribution in [0.15, 0.2) is 6.07 Å². The summed E-state index contributed by atoms with van der Waals surface area (Å²) in [4.78, 5) is 29.9. The third-order valence-electron chi connectivity index (χ3n) is 6.55. The Bertz CT molecular complexity index is 895. The van der Waals surface area contributed by atoms with Crippen molar-refractivity contribution in [1.29, 1.82) is 5.26 Å². The van der Waals surface area contributed by atoms with E-state index in [0.717, 1.165) is 43.0 Å². The Morgan fingerprint density at radius 2 is 2.21 bits per heavy atom. The molecule has 4 rings (SSSR count). The third-order valence-corrected chi connectivity index (χ3v) is 6.55. The lowest BCUT2D eigenvalue weighted by Crippen LogP contribution is -2.44. The number of hydrogen-bond acceptors (Lipinski definition) is 6. The van der Waals surface area contributed by atoms with Gasteiger partial charge in [-0.1, -0.05) is 0 Å². The van der Waals surface area contributed by atoms with Gasteiger partial charge in [-0.3, -0.25) is 9.59 Å². The van der Waals surface area contributed by atoms with Gasteiger partial charge in [0.05, 0.1) is 23.8 Å². The fraction of sp³-hybridized carbons (Fsp3) is 0.619. The molecule has 0 saturated carbocycles. The van der Waals surface area contributed by atoms with Gasteiger partial charge in [0.1, 0.15) is 11.9 Å². The van der Waals surface area contributed by atoms with Gasteiger partial charge in [0.2, 0.25) is 11.8 Å². The largest absolute Gasteiger partial charge is 0.369 e. The maximum Gasteiger partial charge on any atom is 0.239 e. The Morgan fingerprint density at radius 3 is 2.93 bits per heavy atom. The summed E-state index contributed by atoms with van der Waals surface area (Å²) in [6, 6.07) is 4.25. The van der Waals surface area contributed by atoms with Crippen molar-refractivity contribution in [3.05, 3.63) is 22.9 Å². The van der Waals surface area contributed by atoms with Crippen LogP contribution in [-0.2, 0) is 14.3 Å². The first-order valence-electron chi connectivity index (χ1n) is 10.2. The fourth-order valence-corrected chi connectivity index (χ4v) is 5.31. The van der Waals surface area contributed by atoms with E-state index in [2.05, 4.69) is 26.6 Å². The lowest BCUT2D eigenvalue weighted by atomic mass is 9.73. The summed E-state index contributed by atoms with van der Waals surface area (Å²) in [5, 5.41) is 15.1. The summed E-state index contributed by atoms with van der Waals surface area (Å²) in [6.07, 6.45) is 2.15. The molecule has 154 valence electrons. The lowest BCUT2D eigenvalue weighted by molar-refractivity contribution is -0.125. The van der Waals surface area contributed by atoms with Crippen LogP contribution in [0.5, 0.6) is 0 Å². The van der Waals surface area contributed by atoms with E-state index in [1.54, 1.807) is 0 Å². The minimum absolute atomic E-state index is 0.00642. The van der Waals surface area contributed by atoms with Gasteiger partial charge in [-0.05, 0) is 38.3 Å². The highest BCUT2D eigenvalue weighted by atomic mass is 16.5. The first-order valence-corrected chi connectivity index (χ1v) is 10.2. The molecule has 3 aliphatic rings. The molecule has 3 saturated heterocycles. The van der Waals surface area contributed by atoms with E-state index in [1.165, 1.54) is 6.92 Å². The Hall–Kier alpha value is -2.66. The number of fused-ring (bicyclic) bond motifs is 1.